The molecule has 146 valence electrons. The molecular weight excluding hydrogens is 356 g/mol. The van der Waals surface area contributed by atoms with Gasteiger partial charge in [0.05, 0.1) is 5.92 Å². The molecule has 1 aromatic heterocycles. The number of amides is 3. The first-order valence-corrected chi connectivity index (χ1v) is 9.33. The number of nitrogens with zero attached hydrogens (tertiary/aromatic N) is 2. The van der Waals surface area contributed by atoms with Crippen molar-refractivity contribution in [1.29, 1.82) is 0 Å². The van der Waals surface area contributed by atoms with Crippen LogP contribution in [0.15, 0.2) is 54.7 Å². The highest BCUT2D eigenvalue weighted by Crippen LogP contribution is 2.25. The monoisotopic (exact) mass is 380 g/mol. The van der Waals surface area contributed by atoms with Gasteiger partial charge in [0, 0.05) is 24.8 Å². The molecule has 7 heteroatoms. The van der Waals surface area contributed by atoms with Crippen LogP contribution in [0.25, 0.3) is 0 Å². The number of carbonyl (C=O) groups is 3. The van der Waals surface area contributed by atoms with Crippen LogP contribution in [-0.4, -0.2) is 35.3 Å². The SMILES string of the molecule is CC(C)[C@@H](NC(=O)C1CC(=O)N(c2ccccc2)C1)C(=O)Nc1ccccn1. The van der Waals surface area contributed by atoms with Gasteiger partial charge in [-0.1, -0.05) is 38.1 Å². The molecule has 1 fully saturated rings. The maximum absolute atomic E-state index is 12.8. The maximum atomic E-state index is 12.8. The second kappa shape index (κ2) is 8.65. The second-order valence-corrected chi connectivity index (χ2v) is 7.18. The van der Waals surface area contributed by atoms with Gasteiger partial charge in [-0.3, -0.25) is 14.4 Å². The highest BCUT2D eigenvalue weighted by Gasteiger charge is 2.37. The molecule has 0 saturated carbocycles. The van der Waals surface area contributed by atoms with Gasteiger partial charge in [-0.05, 0) is 30.2 Å². The van der Waals surface area contributed by atoms with Crippen molar-refractivity contribution in [1.82, 2.24) is 10.3 Å². The van der Waals surface area contributed by atoms with Crippen molar-refractivity contribution < 1.29 is 14.4 Å². The third kappa shape index (κ3) is 4.54. The van der Waals surface area contributed by atoms with Crippen molar-refractivity contribution in [2.45, 2.75) is 26.3 Å². The summed E-state index contributed by atoms with van der Waals surface area (Å²) in [5.74, 6) is -0.886. The smallest absolute Gasteiger partial charge is 0.248 e. The fourth-order valence-electron chi connectivity index (χ4n) is 3.19. The van der Waals surface area contributed by atoms with E-state index in [2.05, 4.69) is 15.6 Å². The van der Waals surface area contributed by atoms with E-state index < -0.39 is 12.0 Å². The summed E-state index contributed by atoms with van der Waals surface area (Å²) in [6.07, 6.45) is 1.72. The summed E-state index contributed by atoms with van der Waals surface area (Å²) in [4.78, 5) is 43.4. The van der Waals surface area contributed by atoms with Crippen LogP contribution in [0.1, 0.15) is 20.3 Å². The van der Waals surface area contributed by atoms with Gasteiger partial charge in [-0.2, -0.15) is 0 Å². The topological polar surface area (TPSA) is 91.4 Å². The molecule has 2 atom stereocenters. The Morgan fingerprint density at radius 2 is 1.82 bits per heavy atom. The Morgan fingerprint density at radius 1 is 1.11 bits per heavy atom. The molecule has 1 aliphatic heterocycles. The van der Waals surface area contributed by atoms with E-state index in [1.807, 2.05) is 44.2 Å². The number of hydrogen-bond acceptors (Lipinski definition) is 4. The molecule has 3 amide bonds. The Balaban J connectivity index is 1.64. The van der Waals surface area contributed by atoms with Gasteiger partial charge >= 0.3 is 0 Å². The molecule has 0 bridgehead atoms. The van der Waals surface area contributed by atoms with E-state index in [0.717, 1.165) is 5.69 Å². The number of pyridine rings is 1. The van der Waals surface area contributed by atoms with Crippen LogP contribution in [0.5, 0.6) is 0 Å². The number of nitrogens with one attached hydrogen (secondary N) is 2. The standard InChI is InChI=1S/C21H24N4O3/c1-14(2)19(21(28)23-17-10-6-7-11-22-17)24-20(27)15-12-18(26)25(13-15)16-8-4-3-5-9-16/h3-11,14-15,19H,12-13H2,1-2H3,(H,24,27)(H,22,23,28)/t15?,19-/m1/s1. The lowest BCUT2D eigenvalue weighted by Crippen LogP contribution is -2.49. The minimum Gasteiger partial charge on any atom is -0.344 e. The van der Waals surface area contributed by atoms with E-state index in [0.29, 0.717) is 12.4 Å². The molecule has 2 N–H and O–H groups in total. The van der Waals surface area contributed by atoms with E-state index >= 15 is 0 Å². The Morgan fingerprint density at radius 3 is 2.46 bits per heavy atom. The summed E-state index contributed by atoms with van der Waals surface area (Å²) in [6.45, 7) is 4.03. The van der Waals surface area contributed by atoms with Crippen molar-refractivity contribution in [3.05, 3.63) is 54.7 Å². The van der Waals surface area contributed by atoms with Gasteiger partial charge in [0.2, 0.25) is 17.7 Å². The zero-order chi connectivity index (χ0) is 20.1. The van der Waals surface area contributed by atoms with Crippen LogP contribution in [-0.2, 0) is 14.4 Å². The van der Waals surface area contributed by atoms with E-state index in [9.17, 15) is 14.4 Å². The average molecular weight is 380 g/mol. The van der Waals surface area contributed by atoms with Crippen molar-refractivity contribution >= 4 is 29.2 Å². The normalized spacial score (nSPS) is 17.5. The predicted octanol–water partition coefficient (Wildman–Crippen LogP) is 2.21. The molecule has 0 spiro atoms. The molecule has 0 aliphatic carbocycles. The Labute approximate surface area is 164 Å². The van der Waals surface area contributed by atoms with Crippen LogP contribution in [0.4, 0.5) is 11.5 Å². The number of benzene rings is 1. The number of carbonyl (C=O) groups excluding carboxylic acids is 3. The van der Waals surface area contributed by atoms with E-state index in [1.165, 1.54) is 0 Å². The number of anilines is 2. The first-order chi connectivity index (χ1) is 13.5. The van der Waals surface area contributed by atoms with Gasteiger partial charge in [0.15, 0.2) is 0 Å². The van der Waals surface area contributed by atoms with E-state index in [4.69, 9.17) is 0 Å². The summed E-state index contributed by atoms with van der Waals surface area (Å²) in [5.41, 5.74) is 0.774. The summed E-state index contributed by atoms with van der Waals surface area (Å²) >= 11 is 0. The number of aromatic nitrogens is 1. The Bertz CT molecular complexity index is 839. The van der Waals surface area contributed by atoms with Gasteiger partial charge in [-0.15, -0.1) is 0 Å². The molecule has 7 nitrogen and oxygen atoms in total. The fourth-order valence-corrected chi connectivity index (χ4v) is 3.19. The lowest BCUT2D eigenvalue weighted by Gasteiger charge is -2.23. The van der Waals surface area contributed by atoms with E-state index in [1.54, 1.807) is 29.3 Å². The molecule has 3 rings (SSSR count). The molecule has 2 heterocycles. The van der Waals surface area contributed by atoms with Crippen LogP contribution in [0.3, 0.4) is 0 Å². The van der Waals surface area contributed by atoms with Crippen LogP contribution < -0.4 is 15.5 Å². The predicted molar refractivity (Wildman–Crippen MR) is 107 cm³/mol. The third-order valence-corrected chi connectivity index (χ3v) is 4.73. The summed E-state index contributed by atoms with van der Waals surface area (Å²) in [5, 5.41) is 5.53. The highest BCUT2D eigenvalue weighted by atomic mass is 16.2. The average Bonchev–Trinajstić information content (AvgIpc) is 3.09. The van der Waals surface area contributed by atoms with Crippen LogP contribution in [0.2, 0.25) is 0 Å². The number of rotatable bonds is 6. The first kappa shape index (κ1) is 19.5. The second-order valence-electron chi connectivity index (χ2n) is 7.18. The number of para-hydroxylation sites is 1. The maximum Gasteiger partial charge on any atom is 0.248 e. The molecular formula is C21H24N4O3. The fraction of sp³-hybridized carbons (Fsp3) is 0.333. The lowest BCUT2D eigenvalue weighted by atomic mass is 10.0. The highest BCUT2D eigenvalue weighted by molar-refractivity contribution is 6.02. The van der Waals surface area contributed by atoms with Crippen molar-refractivity contribution in [2.24, 2.45) is 11.8 Å². The third-order valence-electron chi connectivity index (χ3n) is 4.73. The first-order valence-electron chi connectivity index (χ1n) is 9.33. The van der Waals surface area contributed by atoms with Gasteiger partial charge < -0.3 is 15.5 Å². The quantitative estimate of drug-likeness (QED) is 0.804. The lowest BCUT2D eigenvalue weighted by molar-refractivity contribution is -0.130. The zero-order valence-electron chi connectivity index (χ0n) is 16.0. The molecule has 1 aliphatic rings. The summed E-state index contributed by atoms with van der Waals surface area (Å²) < 4.78 is 0. The molecule has 0 radical (unpaired) electrons. The van der Waals surface area contributed by atoms with Crippen molar-refractivity contribution in [2.75, 3.05) is 16.8 Å². The van der Waals surface area contributed by atoms with Crippen LogP contribution >= 0.6 is 0 Å². The zero-order valence-corrected chi connectivity index (χ0v) is 16.0. The molecule has 28 heavy (non-hydrogen) atoms. The molecule has 1 unspecified atom stereocenters. The minimum atomic E-state index is -0.713. The molecule has 1 aromatic carbocycles. The van der Waals surface area contributed by atoms with Crippen molar-refractivity contribution in [3.8, 4) is 0 Å². The van der Waals surface area contributed by atoms with Crippen molar-refractivity contribution in [3.63, 3.8) is 0 Å². The minimum absolute atomic E-state index is 0.0922. The summed E-state index contributed by atoms with van der Waals surface area (Å²) in [7, 11) is 0. The van der Waals surface area contributed by atoms with Gasteiger partial charge in [0.25, 0.3) is 0 Å². The summed E-state index contributed by atoms with van der Waals surface area (Å²) in [6, 6.07) is 13.8. The Hall–Kier alpha value is -3.22. The Kier molecular flexibility index (Phi) is 6.03. The van der Waals surface area contributed by atoms with Gasteiger partial charge in [-0.25, -0.2) is 4.98 Å². The number of hydrogen-bond donors (Lipinski definition) is 2. The van der Waals surface area contributed by atoms with Crippen LogP contribution in [0, 0.1) is 11.8 Å². The van der Waals surface area contributed by atoms with E-state index in [-0.39, 0.29) is 30.1 Å². The largest absolute Gasteiger partial charge is 0.344 e. The van der Waals surface area contributed by atoms with Gasteiger partial charge in [0.1, 0.15) is 11.9 Å². The molecule has 1 saturated heterocycles. The molecule has 2 aromatic rings.